The standard InChI is InChI=1S/C32H30F3N3O3/c33-32(34,35)41-26-7-3-5-22(17-26)19-37-31(40)25-14-15-29-24(18-25)6-4-16-38(29)20-21-10-12-23(13-11-21)27-8-1-2-9-28(27)30(36)39/h1-2,5,8-15,17-18H,3-4,6-7,16,19-20H2,(H2,36,39)(H,37,40). The monoisotopic (exact) mass is 561 g/mol. The van der Waals surface area contributed by atoms with Gasteiger partial charge in [-0.2, -0.15) is 0 Å². The molecule has 1 aliphatic carbocycles. The number of aryl methyl sites for hydroxylation is 1. The molecule has 41 heavy (non-hydrogen) atoms. The van der Waals surface area contributed by atoms with Crippen LogP contribution < -0.4 is 16.0 Å². The number of rotatable bonds is 8. The third kappa shape index (κ3) is 6.98. The number of carbonyl (C=O) groups excluding carboxylic acids is 2. The third-order valence-electron chi connectivity index (χ3n) is 7.23. The topological polar surface area (TPSA) is 84.7 Å². The second kappa shape index (κ2) is 11.9. The molecular weight excluding hydrogens is 531 g/mol. The predicted molar refractivity (Wildman–Crippen MR) is 151 cm³/mol. The van der Waals surface area contributed by atoms with Crippen molar-refractivity contribution in [1.82, 2.24) is 5.32 Å². The van der Waals surface area contributed by atoms with Gasteiger partial charge >= 0.3 is 6.36 Å². The summed E-state index contributed by atoms with van der Waals surface area (Å²) in [7, 11) is 0. The molecule has 0 saturated heterocycles. The smallest absolute Gasteiger partial charge is 0.410 e. The molecule has 5 rings (SSSR count). The molecule has 9 heteroatoms. The molecule has 0 atom stereocenters. The first-order valence-corrected chi connectivity index (χ1v) is 13.5. The zero-order valence-electron chi connectivity index (χ0n) is 22.3. The summed E-state index contributed by atoms with van der Waals surface area (Å²) in [5.74, 6) is -0.895. The number of nitrogens with one attached hydrogen (secondary N) is 1. The SMILES string of the molecule is NC(=O)c1ccccc1-c1ccc(CN2CCCc3cc(C(=O)NCC4=CCCC(OC(F)(F)F)=C4)ccc32)cc1. The molecule has 0 radical (unpaired) electrons. The molecule has 2 amide bonds. The molecule has 0 fully saturated rings. The van der Waals surface area contributed by atoms with Gasteiger partial charge in [-0.15, -0.1) is 13.2 Å². The highest BCUT2D eigenvalue weighted by atomic mass is 19.4. The van der Waals surface area contributed by atoms with Crippen LogP contribution in [0.5, 0.6) is 0 Å². The number of nitrogens with two attached hydrogens (primary N) is 1. The molecule has 1 aliphatic heterocycles. The number of primary amides is 1. The lowest BCUT2D eigenvalue weighted by atomic mass is 9.97. The van der Waals surface area contributed by atoms with Crippen molar-refractivity contribution < 1.29 is 27.5 Å². The van der Waals surface area contributed by atoms with Gasteiger partial charge in [-0.05, 0) is 77.4 Å². The van der Waals surface area contributed by atoms with Crippen LogP contribution in [0.15, 0.2) is 90.2 Å². The fraction of sp³-hybridized carbons (Fsp3) is 0.250. The minimum Gasteiger partial charge on any atom is -0.410 e. The molecule has 212 valence electrons. The number of hydrogen-bond donors (Lipinski definition) is 2. The van der Waals surface area contributed by atoms with Gasteiger partial charge in [0.05, 0.1) is 0 Å². The van der Waals surface area contributed by atoms with Gasteiger partial charge in [0.15, 0.2) is 0 Å². The van der Waals surface area contributed by atoms with E-state index in [0.717, 1.165) is 47.3 Å². The molecular formula is C32H30F3N3O3. The van der Waals surface area contributed by atoms with E-state index in [1.807, 2.05) is 48.5 Å². The lowest BCUT2D eigenvalue weighted by molar-refractivity contribution is -0.306. The Morgan fingerprint density at radius 2 is 1.78 bits per heavy atom. The Morgan fingerprint density at radius 1 is 1.00 bits per heavy atom. The van der Waals surface area contributed by atoms with Crippen LogP contribution in [0, 0.1) is 0 Å². The zero-order chi connectivity index (χ0) is 29.0. The van der Waals surface area contributed by atoms with Crippen LogP contribution in [0.3, 0.4) is 0 Å². The molecule has 6 nitrogen and oxygen atoms in total. The van der Waals surface area contributed by atoms with Crippen LogP contribution in [0.25, 0.3) is 11.1 Å². The summed E-state index contributed by atoms with van der Waals surface area (Å²) < 4.78 is 41.7. The highest BCUT2D eigenvalue weighted by Gasteiger charge is 2.32. The van der Waals surface area contributed by atoms with Gasteiger partial charge in [0.2, 0.25) is 5.91 Å². The predicted octanol–water partition coefficient (Wildman–Crippen LogP) is 6.28. The van der Waals surface area contributed by atoms with E-state index in [1.165, 1.54) is 6.08 Å². The molecule has 2 aliphatic rings. The molecule has 0 saturated carbocycles. The van der Waals surface area contributed by atoms with Crippen molar-refractivity contribution in [2.75, 3.05) is 18.0 Å². The Bertz CT molecular complexity index is 1510. The quantitative estimate of drug-likeness (QED) is 0.339. The Kier molecular flexibility index (Phi) is 8.14. The van der Waals surface area contributed by atoms with Gasteiger partial charge in [0.25, 0.3) is 5.91 Å². The van der Waals surface area contributed by atoms with Gasteiger partial charge in [-0.1, -0.05) is 48.5 Å². The van der Waals surface area contributed by atoms with Crippen molar-refractivity contribution in [2.45, 2.75) is 38.6 Å². The molecule has 3 aromatic carbocycles. The number of fused-ring (bicyclic) bond motifs is 1. The maximum absolute atomic E-state index is 12.9. The summed E-state index contributed by atoms with van der Waals surface area (Å²) in [5, 5.41) is 2.81. The first-order valence-electron chi connectivity index (χ1n) is 13.5. The van der Waals surface area contributed by atoms with Crippen LogP contribution in [-0.4, -0.2) is 31.3 Å². The number of nitrogens with zero attached hydrogens (tertiary/aromatic N) is 1. The van der Waals surface area contributed by atoms with Crippen LogP contribution in [-0.2, 0) is 17.7 Å². The van der Waals surface area contributed by atoms with E-state index >= 15 is 0 Å². The summed E-state index contributed by atoms with van der Waals surface area (Å²) in [6, 6.07) is 21.0. The molecule has 1 heterocycles. The van der Waals surface area contributed by atoms with Crippen LogP contribution in [0.1, 0.15) is 51.1 Å². The van der Waals surface area contributed by atoms with Crippen LogP contribution >= 0.6 is 0 Å². The summed E-state index contributed by atoms with van der Waals surface area (Å²) in [6.45, 7) is 1.69. The zero-order valence-corrected chi connectivity index (χ0v) is 22.3. The summed E-state index contributed by atoms with van der Waals surface area (Å²) >= 11 is 0. The molecule has 3 aromatic rings. The van der Waals surface area contributed by atoms with Gasteiger partial charge < -0.3 is 20.7 Å². The minimum atomic E-state index is -4.73. The van der Waals surface area contributed by atoms with Gasteiger partial charge in [-0.3, -0.25) is 9.59 Å². The number of halogens is 3. The second-order valence-corrected chi connectivity index (χ2v) is 10.1. The van der Waals surface area contributed by atoms with Crippen molar-refractivity contribution in [3.8, 4) is 11.1 Å². The highest BCUT2D eigenvalue weighted by molar-refractivity contribution is 5.99. The minimum absolute atomic E-state index is 0.118. The number of hydrogen-bond acceptors (Lipinski definition) is 4. The fourth-order valence-electron chi connectivity index (χ4n) is 5.31. The van der Waals surface area contributed by atoms with Crippen molar-refractivity contribution >= 4 is 17.5 Å². The van der Waals surface area contributed by atoms with E-state index < -0.39 is 12.3 Å². The van der Waals surface area contributed by atoms with E-state index in [-0.39, 0.29) is 24.6 Å². The lowest BCUT2D eigenvalue weighted by Crippen LogP contribution is -2.30. The van der Waals surface area contributed by atoms with Gasteiger partial charge in [0.1, 0.15) is 5.76 Å². The number of allylic oxidation sites excluding steroid dienone is 2. The van der Waals surface area contributed by atoms with E-state index in [4.69, 9.17) is 5.73 Å². The number of alkyl halides is 3. The normalized spacial score (nSPS) is 15.0. The average molecular weight is 562 g/mol. The Hall–Kier alpha value is -4.53. The Labute approximate surface area is 236 Å². The largest absolute Gasteiger partial charge is 0.572 e. The molecule has 0 spiro atoms. The van der Waals surface area contributed by atoms with Crippen molar-refractivity contribution in [3.63, 3.8) is 0 Å². The third-order valence-corrected chi connectivity index (χ3v) is 7.23. The number of ether oxygens (including phenoxy) is 1. The van der Waals surface area contributed by atoms with E-state index in [0.29, 0.717) is 29.7 Å². The first kappa shape index (κ1) is 28.0. The summed E-state index contributed by atoms with van der Waals surface area (Å²) in [5.41, 5.74) is 12.1. The van der Waals surface area contributed by atoms with Crippen molar-refractivity contribution in [1.29, 1.82) is 0 Å². The van der Waals surface area contributed by atoms with E-state index in [2.05, 4.69) is 15.0 Å². The summed E-state index contributed by atoms with van der Waals surface area (Å²) in [6.07, 6.45) is 0.805. The molecule has 3 N–H and O–H groups in total. The Morgan fingerprint density at radius 3 is 2.54 bits per heavy atom. The Balaban J connectivity index is 1.23. The van der Waals surface area contributed by atoms with Gasteiger partial charge in [-0.25, -0.2) is 0 Å². The van der Waals surface area contributed by atoms with Crippen LogP contribution in [0.2, 0.25) is 0 Å². The number of benzene rings is 3. The maximum atomic E-state index is 12.9. The summed E-state index contributed by atoms with van der Waals surface area (Å²) in [4.78, 5) is 27.0. The molecule has 0 unspecified atom stereocenters. The second-order valence-electron chi connectivity index (χ2n) is 10.1. The maximum Gasteiger partial charge on any atom is 0.572 e. The lowest BCUT2D eigenvalue weighted by Gasteiger charge is -2.32. The van der Waals surface area contributed by atoms with Crippen molar-refractivity contribution in [2.24, 2.45) is 5.73 Å². The average Bonchev–Trinajstić information content (AvgIpc) is 2.95. The number of carbonyl (C=O) groups is 2. The number of amides is 2. The van der Waals surface area contributed by atoms with E-state index in [1.54, 1.807) is 24.3 Å². The number of anilines is 1. The molecule has 0 aromatic heterocycles. The highest BCUT2D eigenvalue weighted by Crippen LogP contribution is 2.31. The van der Waals surface area contributed by atoms with E-state index in [9.17, 15) is 22.8 Å². The molecule has 0 bridgehead atoms. The van der Waals surface area contributed by atoms with Gasteiger partial charge in [0, 0.05) is 42.9 Å². The fourth-order valence-corrected chi connectivity index (χ4v) is 5.31. The van der Waals surface area contributed by atoms with Crippen LogP contribution in [0.4, 0.5) is 18.9 Å². The first-order chi connectivity index (χ1) is 19.7. The van der Waals surface area contributed by atoms with Crippen molar-refractivity contribution in [3.05, 3.63) is 112 Å².